The number of hydrogen-bond acceptors (Lipinski definition) is 4. The van der Waals surface area contributed by atoms with Gasteiger partial charge in [0.1, 0.15) is 18.1 Å². The molecule has 4 rings (SSSR count). The number of benzene rings is 1. The van der Waals surface area contributed by atoms with Crippen molar-refractivity contribution >= 4 is 22.7 Å². The monoisotopic (exact) mass is 349 g/mol. The number of nitrogens with zero attached hydrogens (tertiary/aromatic N) is 1. The Morgan fingerprint density at radius 3 is 2.21 bits per heavy atom. The van der Waals surface area contributed by atoms with Crippen LogP contribution < -0.4 is 4.74 Å². The van der Waals surface area contributed by atoms with Gasteiger partial charge in [0.25, 0.3) is 0 Å². The van der Waals surface area contributed by atoms with Crippen LogP contribution in [0, 0.1) is 0 Å². The molecule has 0 N–H and O–H groups in total. The zero-order valence-electron chi connectivity index (χ0n) is 12.9. The summed E-state index contributed by atoms with van der Waals surface area (Å²) in [4.78, 5) is 7.16. The van der Waals surface area contributed by atoms with Gasteiger partial charge in [0.2, 0.25) is 0 Å². The number of aromatic nitrogens is 1. The van der Waals surface area contributed by atoms with Crippen molar-refractivity contribution in [2.75, 3.05) is 0 Å². The smallest absolute Gasteiger partial charge is 0.146 e. The first kappa shape index (κ1) is 15.1. The summed E-state index contributed by atoms with van der Waals surface area (Å²) in [6, 6.07) is 22.5. The van der Waals surface area contributed by atoms with Crippen molar-refractivity contribution in [3.63, 3.8) is 0 Å². The fraction of sp³-hybridized carbons (Fsp3) is 0.0500. The van der Waals surface area contributed by atoms with Crippen molar-refractivity contribution in [1.82, 2.24) is 4.98 Å². The molecule has 0 bridgehead atoms. The molecular formula is C20H15NOS2. The molecule has 0 amide bonds. The van der Waals surface area contributed by atoms with Gasteiger partial charge in [-0.25, -0.2) is 4.98 Å². The van der Waals surface area contributed by atoms with Crippen molar-refractivity contribution in [1.29, 1.82) is 0 Å². The zero-order valence-corrected chi connectivity index (χ0v) is 14.5. The van der Waals surface area contributed by atoms with Gasteiger partial charge < -0.3 is 4.74 Å². The number of thiophene rings is 2. The van der Waals surface area contributed by atoms with Gasteiger partial charge >= 0.3 is 0 Å². The molecule has 0 unspecified atom stereocenters. The van der Waals surface area contributed by atoms with E-state index in [1.807, 2.05) is 42.5 Å². The molecule has 0 spiro atoms. The van der Waals surface area contributed by atoms with Crippen LogP contribution in [0.1, 0.15) is 5.56 Å². The Hall–Kier alpha value is -2.43. The van der Waals surface area contributed by atoms with Crippen LogP contribution in [0.2, 0.25) is 0 Å². The first-order valence-corrected chi connectivity index (χ1v) is 9.41. The van der Waals surface area contributed by atoms with E-state index in [1.165, 1.54) is 4.88 Å². The van der Waals surface area contributed by atoms with E-state index in [4.69, 9.17) is 9.72 Å². The molecule has 0 aliphatic carbocycles. The molecule has 4 aromatic rings. The van der Waals surface area contributed by atoms with Crippen molar-refractivity contribution in [3.05, 3.63) is 83.1 Å². The van der Waals surface area contributed by atoms with Crippen LogP contribution in [-0.4, -0.2) is 4.98 Å². The first-order chi connectivity index (χ1) is 11.9. The van der Waals surface area contributed by atoms with E-state index in [-0.39, 0.29) is 0 Å². The minimum Gasteiger partial charge on any atom is -0.487 e. The maximum atomic E-state index is 6.07. The highest BCUT2D eigenvalue weighted by Gasteiger charge is 2.12. The SMILES string of the molecule is c1ccc(COc2ccc(-c3cccs3)nc2-c2cccs2)cc1. The quantitative estimate of drug-likeness (QED) is 0.433. The molecule has 0 aliphatic rings. The summed E-state index contributed by atoms with van der Waals surface area (Å²) in [7, 11) is 0. The predicted molar refractivity (Wildman–Crippen MR) is 102 cm³/mol. The highest BCUT2D eigenvalue weighted by Crippen LogP contribution is 2.35. The average Bonchev–Trinajstić information content (AvgIpc) is 3.34. The van der Waals surface area contributed by atoms with E-state index < -0.39 is 0 Å². The zero-order chi connectivity index (χ0) is 16.2. The maximum Gasteiger partial charge on any atom is 0.146 e. The summed E-state index contributed by atoms with van der Waals surface area (Å²) in [5.41, 5.74) is 3.05. The van der Waals surface area contributed by atoms with Crippen LogP contribution in [-0.2, 0) is 6.61 Å². The summed E-state index contributed by atoms with van der Waals surface area (Å²) in [5.74, 6) is 0.821. The van der Waals surface area contributed by atoms with Crippen LogP contribution in [0.3, 0.4) is 0 Å². The van der Waals surface area contributed by atoms with Gasteiger partial charge in [-0.1, -0.05) is 42.5 Å². The molecule has 3 aromatic heterocycles. The number of rotatable bonds is 5. The third kappa shape index (κ3) is 3.25. The molecule has 0 radical (unpaired) electrons. The van der Waals surface area contributed by atoms with E-state index >= 15 is 0 Å². The minimum absolute atomic E-state index is 0.541. The van der Waals surface area contributed by atoms with Gasteiger partial charge in [0.15, 0.2) is 0 Å². The third-order valence-electron chi connectivity index (χ3n) is 3.62. The summed E-state index contributed by atoms with van der Waals surface area (Å²) in [5, 5.41) is 4.14. The molecule has 0 fully saturated rings. The molecular weight excluding hydrogens is 334 g/mol. The summed E-state index contributed by atoms with van der Waals surface area (Å²) >= 11 is 3.38. The molecule has 1 aromatic carbocycles. The number of hydrogen-bond donors (Lipinski definition) is 0. The number of pyridine rings is 1. The lowest BCUT2D eigenvalue weighted by molar-refractivity contribution is 0.306. The highest BCUT2D eigenvalue weighted by molar-refractivity contribution is 7.13. The van der Waals surface area contributed by atoms with Crippen LogP contribution >= 0.6 is 22.7 Å². The van der Waals surface area contributed by atoms with E-state index in [0.717, 1.165) is 27.6 Å². The minimum atomic E-state index is 0.541. The molecule has 0 saturated carbocycles. The van der Waals surface area contributed by atoms with Gasteiger partial charge in [-0.2, -0.15) is 0 Å². The van der Waals surface area contributed by atoms with Crippen molar-refractivity contribution in [2.24, 2.45) is 0 Å². The first-order valence-electron chi connectivity index (χ1n) is 7.66. The van der Waals surface area contributed by atoms with Gasteiger partial charge in [0.05, 0.1) is 15.4 Å². The van der Waals surface area contributed by atoms with Gasteiger partial charge in [-0.15, -0.1) is 22.7 Å². The largest absolute Gasteiger partial charge is 0.487 e. The second-order valence-electron chi connectivity index (χ2n) is 5.27. The Morgan fingerprint density at radius 1 is 0.750 bits per heavy atom. The summed E-state index contributed by atoms with van der Waals surface area (Å²) in [6.45, 7) is 0.541. The van der Waals surface area contributed by atoms with E-state index in [9.17, 15) is 0 Å². The molecule has 0 aliphatic heterocycles. The van der Waals surface area contributed by atoms with Crippen molar-refractivity contribution in [3.8, 4) is 26.9 Å². The summed E-state index contributed by atoms with van der Waals surface area (Å²) < 4.78 is 6.07. The molecule has 24 heavy (non-hydrogen) atoms. The van der Waals surface area contributed by atoms with Gasteiger partial charge in [-0.05, 0) is 40.6 Å². The Balaban J connectivity index is 1.68. The van der Waals surface area contributed by atoms with Crippen molar-refractivity contribution < 1.29 is 4.74 Å². The molecule has 118 valence electrons. The second kappa shape index (κ2) is 6.99. The van der Waals surface area contributed by atoms with E-state index in [1.54, 1.807) is 22.7 Å². The lowest BCUT2D eigenvalue weighted by atomic mass is 10.2. The normalized spacial score (nSPS) is 10.7. The van der Waals surface area contributed by atoms with Crippen molar-refractivity contribution in [2.45, 2.75) is 6.61 Å². The topological polar surface area (TPSA) is 22.1 Å². The standard InChI is InChI=1S/C20H15NOS2/c1-2-6-15(7-3-1)14-22-17-11-10-16(18-8-4-12-23-18)21-20(17)19-9-5-13-24-19/h1-13H,14H2. The maximum absolute atomic E-state index is 6.07. The Bertz CT molecular complexity index is 900. The Labute approximate surface area is 149 Å². The van der Waals surface area contributed by atoms with Gasteiger partial charge in [-0.3, -0.25) is 0 Å². The summed E-state index contributed by atoms with van der Waals surface area (Å²) in [6.07, 6.45) is 0. The lowest BCUT2D eigenvalue weighted by Gasteiger charge is -2.11. The third-order valence-corrected chi connectivity index (χ3v) is 5.39. The number of ether oxygens (including phenoxy) is 1. The van der Waals surface area contributed by atoms with E-state index in [0.29, 0.717) is 6.61 Å². The van der Waals surface area contributed by atoms with Crippen LogP contribution in [0.25, 0.3) is 21.1 Å². The van der Waals surface area contributed by atoms with E-state index in [2.05, 4.69) is 35.0 Å². The molecule has 2 nitrogen and oxygen atoms in total. The second-order valence-corrected chi connectivity index (χ2v) is 7.17. The van der Waals surface area contributed by atoms with Crippen LogP contribution in [0.15, 0.2) is 77.5 Å². The molecule has 0 saturated heterocycles. The average molecular weight is 349 g/mol. The Kier molecular flexibility index (Phi) is 4.40. The lowest BCUT2D eigenvalue weighted by Crippen LogP contribution is -1.98. The molecule has 4 heteroatoms. The van der Waals surface area contributed by atoms with Crippen LogP contribution in [0.5, 0.6) is 5.75 Å². The highest BCUT2D eigenvalue weighted by atomic mass is 32.1. The fourth-order valence-electron chi connectivity index (χ4n) is 2.45. The van der Waals surface area contributed by atoms with Crippen LogP contribution in [0.4, 0.5) is 0 Å². The fourth-order valence-corrected chi connectivity index (χ4v) is 3.86. The molecule has 0 atom stereocenters. The Morgan fingerprint density at radius 2 is 1.50 bits per heavy atom. The molecule has 3 heterocycles. The predicted octanol–water partition coefficient (Wildman–Crippen LogP) is 6.12. The van der Waals surface area contributed by atoms with Gasteiger partial charge in [0, 0.05) is 0 Å².